The Morgan fingerprint density at radius 1 is 1.42 bits per heavy atom. The molecule has 6 nitrogen and oxygen atoms in total. The normalized spacial score (nSPS) is 17.6. The molecular weight excluding hydrogens is 312 g/mol. The van der Waals surface area contributed by atoms with Crippen molar-refractivity contribution >= 4 is 22.0 Å². The highest BCUT2D eigenvalue weighted by Crippen LogP contribution is 2.23. The maximum absolute atomic E-state index is 11.9. The molecule has 106 valence electrons. The van der Waals surface area contributed by atoms with Crippen LogP contribution >= 0.6 is 15.9 Å². The summed E-state index contributed by atoms with van der Waals surface area (Å²) in [5, 5.41) is 4.25. The quantitative estimate of drug-likeness (QED) is 0.794. The third-order valence-electron chi connectivity index (χ3n) is 2.97. The van der Waals surface area contributed by atoms with E-state index in [4.69, 9.17) is 4.74 Å². The van der Waals surface area contributed by atoms with Crippen molar-refractivity contribution in [3.05, 3.63) is 11.1 Å². The molecule has 1 aromatic rings. The van der Waals surface area contributed by atoms with Crippen LogP contribution in [0.5, 0.6) is 0 Å². The van der Waals surface area contributed by atoms with Crippen molar-refractivity contribution in [2.24, 2.45) is 0 Å². The maximum atomic E-state index is 11.9. The molecule has 1 aliphatic heterocycles. The standard InChI is InChI=1S/C12H19BrN4O2/c1-12(2,3)19-11(18)16-6-4-9(5-7-16)17-8-14-10(13)15-17/h8-9H,4-7H2,1-3H3. The van der Waals surface area contributed by atoms with Crippen LogP contribution in [0.1, 0.15) is 39.7 Å². The fourth-order valence-corrected chi connectivity index (χ4v) is 2.34. The molecular formula is C12H19BrN4O2. The van der Waals surface area contributed by atoms with Gasteiger partial charge < -0.3 is 9.64 Å². The highest BCUT2D eigenvalue weighted by molar-refractivity contribution is 9.10. The molecule has 19 heavy (non-hydrogen) atoms. The molecule has 1 fully saturated rings. The van der Waals surface area contributed by atoms with E-state index in [2.05, 4.69) is 26.0 Å². The molecule has 7 heteroatoms. The van der Waals surface area contributed by atoms with E-state index in [1.165, 1.54) is 0 Å². The van der Waals surface area contributed by atoms with Gasteiger partial charge in [0.25, 0.3) is 0 Å². The van der Waals surface area contributed by atoms with Crippen molar-refractivity contribution in [3.63, 3.8) is 0 Å². The predicted molar refractivity (Wildman–Crippen MR) is 73.8 cm³/mol. The molecule has 2 heterocycles. The van der Waals surface area contributed by atoms with Gasteiger partial charge in [-0.1, -0.05) is 0 Å². The van der Waals surface area contributed by atoms with E-state index in [0.717, 1.165) is 12.8 Å². The monoisotopic (exact) mass is 330 g/mol. The van der Waals surface area contributed by atoms with E-state index in [1.54, 1.807) is 11.2 Å². The molecule has 0 unspecified atom stereocenters. The second kappa shape index (κ2) is 5.48. The number of aromatic nitrogens is 3. The minimum absolute atomic E-state index is 0.231. The summed E-state index contributed by atoms with van der Waals surface area (Å²) in [5.41, 5.74) is -0.440. The number of carbonyl (C=O) groups excluding carboxylic acids is 1. The summed E-state index contributed by atoms with van der Waals surface area (Å²) < 4.78 is 7.82. The first-order chi connectivity index (χ1) is 8.85. The van der Waals surface area contributed by atoms with Gasteiger partial charge in [-0.25, -0.2) is 14.5 Å². The van der Waals surface area contributed by atoms with Crippen molar-refractivity contribution < 1.29 is 9.53 Å². The van der Waals surface area contributed by atoms with Gasteiger partial charge in [0.2, 0.25) is 4.73 Å². The zero-order chi connectivity index (χ0) is 14.0. The Bertz CT molecular complexity index is 447. The SMILES string of the molecule is CC(C)(C)OC(=O)N1CCC(n2cnc(Br)n2)CC1. The Morgan fingerprint density at radius 2 is 2.05 bits per heavy atom. The van der Waals surface area contributed by atoms with Crippen LogP contribution in [-0.4, -0.2) is 44.4 Å². The predicted octanol–water partition coefficient (Wildman–Crippen LogP) is 2.61. The molecule has 1 aromatic heterocycles. The van der Waals surface area contributed by atoms with Gasteiger partial charge in [0.15, 0.2) is 0 Å². The van der Waals surface area contributed by atoms with Gasteiger partial charge in [0.1, 0.15) is 11.9 Å². The molecule has 1 aliphatic rings. The molecule has 0 radical (unpaired) electrons. The highest BCUT2D eigenvalue weighted by atomic mass is 79.9. The molecule has 0 bridgehead atoms. The van der Waals surface area contributed by atoms with Crippen LogP contribution in [0.2, 0.25) is 0 Å². The van der Waals surface area contributed by atoms with Crippen molar-refractivity contribution in [2.45, 2.75) is 45.3 Å². The van der Waals surface area contributed by atoms with E-state index < -0.39 is 5.60 Å². The van der Waals surface area contributed by atoms with E-state index >= 15 is 0 Å². The van der Waals surface area contributed by atoms with Gasteiger partial charge in [-0.15, -0.1) is 5.10 Å². The molecule has 0 aliphatic carbocycles. The van der Waals surface area contributed by atoms with Crippen LogP contribution < -0.4 is 0 Å². The molecule has 2 rings (SSSR count). The molecule has 1 saturated heterocycles. The van der Waals surface area contributed by atoms with Crippen LogP contribution in [-0.2, 0) is 4.74 Å². The average molecular weight is 331 g/mol. The van der Waals surface area contributed by atoms with Crippen LogP contribution in [0.3, 0.4) is 0 Å². The lowest BCUT2D eigenvalue weighted by atomic mass is 10.1. The summed E-state index contributed by atoms with van der Waals surface area (Å²) in [4.78, 5) is 17.7. The lowest BCUT2D eigenvalue weighted by Crippen LogP contribution is -2.42. The fourth-order valence-electron chi connectivity index (χ4n) is 2.07. The van der Waals surface area contributed by atoms with Crippen LogP contribution in [0.4, 0.5) is 4.79 Å². The molecule has 1 amide bonds. The second-order valence-electron chi connectivity index (χ2n) is 5.69. The number of hydrogen-bond donors (Lipinski definition) is 0. The fraction of sp³-hybridized carbons (Fsp3) is 0.750. The first kappa shape index (κ1) is 14.3. The van der Waals surface area contributed by atoms with Gasteiger partial charge >= 0.3 is 6.09 Å². The Hall–Kier alpha value is -1.11. The van der Waals surface area contributed by atoms with Gasteiger partial charge in [0, 0.05) is 13.1 Å². The number of halogens is 1. The summed E-state index contributed by atoms with van der Waals surface area (Å²) in [6.07, 6.45) is 3.23. The van der Waals surface area contributed by atoms with E-state index in [9.17, 15) is 4.79 Å². The molecule has 0 aromatic carbocycles. The second-order valence-corrected chi connectivity index (χ2v) is 6.40. The first-order valence-corrected chi connectivity index (χ1v) is 7.19. The topological polar surface area (TPSA) is 60.2 Å². The molecule has 0 saturated carbocycles. The van der Waals surface area contributed by atoms with Crippen molar-refractivity contribution in [1.82, 2.24) is 19.7 Å². The molecule has 0 atom stereocenters. The number of amides is 1. The maximum Gasteiger partial charge on any atom is 0.410 e. The molecule has 0 N–H and O–H groups in total. The van der Waals surface area contributed by atoms with Crippen molar-refractivity contribution in [1.29, 1.82) is 0 Å². The van der Waals surface area contributed by atoms with Crippen LogP contribution in [0.25, 0.3) is 0 Å². The van der Waals surface area contributed by atoms with Gasteiger partial charge in [-0.2, -0.15) is 0 Å². The Balaban J connectivity index is 1.87. The largest absolute Gasteiger partial charge is 0.444 e. The highest BCUT2D eigenvalue weighted by Gasteiger charge is 2.27. The summed E-state index contributed by atoms with van der Waals surface area (Å²) >= 11 is 3.24. The van der Waals surface area contributed by atoms with Gasteiger partial charge in [0.05, 0.1) is 6.04 Å². The average Bonchev–Trinajstić information content (AvgIpc) is 2.74. The van der Waals surface area contributed by atoms with Crippen LogP contribution in [0.15, 0.2) is 11.1 Å². The third kappa shape index (κ3) is 3.92. The number of likely N-dealkylation sites (tertiary alicyclic amines) is 1. The van der Waals surface area contributed by atoms with Crippen molar-refractivity contribution in [2.75, 3.05) is 13.1 Å². The number of ether oxygens (including phenoxy) is 1. The zero-order valence-electron chi connectivity index (χ0n) is 11.5. The number of carbonyl (C=O) groups is 1. The van der Waals surface area contributed by atoms with Gasteiger partial charge in [-0.05, 0) is 49.5 Å². The Morgan fingerprint density at radius 3 is 2.53 bits per heavy atom. The first-order valence-electron chi connectivity index (χ1n) is 6.40. The summed E-state index contributed by atoms with van der Waals surface area (Å²) in [6, 6.07) is 0.303. The number of rotatable bonds is 1. The summed E-state index contributed by atoms with van der Waals surface area (Å²) in [5.74, 6) is 0. The van der Waals surface area contributed by atoms with Gasteiger partial charge in [-0.3, -0.25) is 0 Å². The number of hydrogen-bond acceptors (Lipinski definition) is 4. The Kier molecular flexibility index (Phi) is 4.13. The summed E-state index contributed by atoms with van der Waals surface area (Å²) in [6.45, 7) is 7.02. The lowest BCUT2D eigenvalue weighted by Gasteiger charge is -2.33. The lowest BCUT2D eigenvalue weighted by molar-refractivity contribution is 0.0184. The zero-order valence-corrected chi connectivity index (χ0v) is 13.1. The summed E-state index contributed by atoms with van der Waals surface area (Å²) in [7, 11) is 0. The van der Waals surface area contributed by atoms with Crippen molar-refractivity contribution in [3.8, 4) is 0 Å². The minimum atomic E-state index is -0.440. The number of piperidine rings is 1. The Labute approximate surface area is 121 Å². The molecule has 0 spiro atoms. The number of nitrogens with zero attached hydrogens (tertiary/aromatic N) is 4. The third-order valence-corrected chi connectivity index (χ3v) is 3.33. The minimum Gasteiger partial charge on any atom is -0.444 e. The van der Waals surface area contributed by atoms with Crippen LogP contribution in [0, 0.1) is 0 Å². The smallest absolute Gasteiger partial charge is 0.410 e. The van der Waals surface area contributed by atoms with E-state index in [1.807, 2.05) is 25.5 Å². The van der Waals surface area contributed by atoms with E-state index in [0.29, 0.717) is 23.9 Å². The van der Waals surface area contributed by atoms with E-state index in [-0.39, 0.29) is 6.09 Å².